The number of hydrogen-bond donors (Lipinski definition) is 0. The highest BCUT2D eigenvalue weighted by Crippen LogP contribution is 2.30. The average Bonchev–Trinajstić information content (AvgIpc) is 2.43. The van der Waals surface area contributed by atoms with Crippen LogP contribution in [-0.4, -0.2) is 19.2 Å². The van der Waals surface area contributed by atoms with Gasteiger partial charge in [0.1, 0.15) is 5.75 Å². The van der Waals surface area contributed by atoms with Gasteiger partial charge < -0.3 is 9.47 Å². The highest BCUT2D eigenvalue weighted by atomic mass is 16.5. The Hall–Kier alpha value is -1.51. The topological polar surface area (TPSA) is 35.5 Å². The van der Waals surface area contributed by atoms with Gasteiger partial charge >= 0.3 is 5.97 Å². The zero-order valence-electron chi connectivity index (χ0n) is 14.9. The van der Waals surface area contributed by atoms with Crippen LogP contribution in [0.4, 0.5) is 0 Å². The summed E-state index contributed by atoms with van der Waals surface area (Å²) in [6.07, 6.45) is 2.21. The van der Waals surface area contributed by atoms with E-state index in [4.69, 9.17) is 9.47 Å². The van der Waals surface area contributed by atoms with E-state index in [1.54, 1.807) is 0 Å². The molecule has 0 N–H and O–H groups in total. The van der Waals surface area contributed by atoms with Crippen molar-refractivity contribution in [2.24, 2.45) is 5.92 Å². The molecule has 0 aromatic heterocycles. The van der Waals surface area contributed by atoms with Crippen molar-refractivity contribution in [1.29, 1.82) is 0 Å². The molecule has 1 rings (SSSR count). The van der Waals surface area contributed by atoms with Gasteiger partial charge in [-0.3, -0.25) is 0 Å². The van der Waals surface area contributed by atoms with E-state index < -0.39 is 0 Å². The van der Waals surface area contributed by atoms with Gasteiger partial charge in [0.05, 0.1) is 18.8 Å². The Morgan fingerprint density at radius 1 is 1.18 bits per heavy atom. The molecule has 0 bridgehead atoms. The van der Waals surface area contributed by atoms with Crippen molar-refractivity contribution in [2.45, 2.75) is 60.3 Å². The Labute approximate surface area is 135 Å². The van der Waals surface area contributed by atoms with Crippen LogP contribution in [0.25, 0.3) is 0 Å². The van der Waals surface area contributed by atoms with Crippen molar-refractivity contribution in [2.75, 3.05) is 13.2 Å². The average molecular weight is 306 g/mol. The van der Waals surface area contributed by atoms with Gasteiger partial charge in [0.15, 0.2) is 0 Å². The van der Waals surface area contributed by atoms with Gasteiger partial charge in [0.2, 0.25) is 0 Å². The Bertz CT molecular complexity index is 490. The van der Waals surface area contributed by atoms with Crippen molar-refractivity contribution in [3.63, 3.8) is 0 Å². The van der Waals surface area contributed by atoms with Gasteiger partial charge in [-0.25, -0.2) is 4.79 Å². The monoisotopic (exact) mass is 306 g/mol. The first-order chi connectivity index (χ1) is 10.4. The Kier molecular flexibility index (Phi) is 7.43. The number of esters is 1. The summed E-state index contributed by atoms with van der Waals surface area (Å²) in [5.41, 5.74) is 2.61. The number of aryl methyl sites for hydroxylation is 1. The maximum atomic E-state index is 12.0. The van der Waals surface area contributed by atoms with Gasteiger partial charge in [-0.05, 0) is 61.8 Å². The molecule has 0 aliphatic heterocycles. The molecular formula is C19H30O3. The second-order valence-corrected chi connectivity index (χ2v) is 6.46. The fourth-order valence-corrected chi connectivity index (χ4v) is 2.38. The van der Waals surface area contributed by atoms with Gasteiger partial charge in [0, 0.05) is 0 Å². The van der Waals surface area contributed by atoms with Crippen LogP contribution in [-0.2, 0) is 4.74 Å². The summed E-state index contributed by atoms with van der Waals surface area (Å²) in [6.45, 7) is 13.5. The minimum atomic E-state index is -0.256. The molecule has 0 atom stereocenters. The lowest BCUT2D eigenvalue weighted by molar-refractivity contribution is 0.0525. The minimum Gasteiger partial charge on any atom is -0.493 e. The quantitative estimate of drug-likeness (QED) is 0.494. The van der Waals surface area contributed by atoms with E-state index in [1.165, 1.54) is 0 Å². The van der Waals surface area contributed by atoms with Crippen molar-refractivity contribution in [1.82, 2.24) is 0 Å². The smallest absolute Gasteiger partial charge is 0.338 e. The SMILES string of the molecule is CCOC(=O)c1cc(C(C)C)c(OCCCC(C)C)cc1C. The summed E-state index contributed by atoms with van der Waals surface area (Å²) in [5, 5.41) is 0. The maximum Gasteiger partial charge on any atom is 0.338 e. The second kappa shape index (κ2) is 8.82. The Balaban J connectivity index is 2.93. The molecule has 0 heterocycles. The van der Waals surface area contributed by atoms with Crippen molar-refractivity contribution in [3.8, 4) is 5.75 Å². The zero-order valence-corrected chi connectivity index (χ0v) is 14.9. The molecule has 0 saturated carbocycles. The molecule has 0 spiro atoms. The first-order valence-corrected chi connectivity index (χ1v) is 8.31. The van der Waals surface area contributed by atoms with E-state index in [2.05, 4.69) is 27.7 Å². The fraction of sp³-hybridized carbons (Fsp3) is 0.632. The number of rotatable bonds is 8. The lowest BCUT2D eigenvalue weighted by atomic mass is 9.96. The molecular weight excluding hydrogens is 276 g/mol. The predicted octanol–water partition coefficient (Wildman–Crippen LogP) is 5.11. The van der Waals surface area contributed by atoms with Crippen molar-refractivity contribution < 1.29 is 14.3 Å². The van der Waals surface area contributed by atoms with Gasteiger partial charge in [-0.15, -0.1) is 0 Å². The molecule has 1 aromatic carbocycles. The second-order valence-electron chi connectivity index (χ2n) is 6.46. The molecule has 0 aliphatic carbocycles. The molecule has 0 fully saturated rings. The van der Waals surface area contributed by atoms with Crippen LogP contribution < -0.4 is 4.74 Å². The molecule has 0 radical (unpaired) electrons. The lowest BCUT2D eigenvalue weighted by Crippen LogP contribution is -2.10. The normalized spacial score (nSPS) is 11.1. The third-order valence-electron chi connectivity index (χ3n) is 3.66. The summed E-state index contributed by atoms with van der Waals surface area (Å²) >= 11 is 0. The molecule has 3 nitrogen and oxygen atoms in total. The van der Waals surface area contributed by atoms with Crippen LogP contribution >= 0.6 is 0 Å². The van der Waals surface area contributed by atoms with E-state index in [0.29, 0.717) is 24.0 Å². The van der Waals surface area contributed by atoms with Crippen LogP contribution in [0.2, 0.25) is 0 Å². The maximum absolute atomic E-state index is 12.0. The van der Waals surface area contributed by atoms with E-state index in [0.717, 1.165) is 36.3 Å². The van der Waals surface area contributed by atoms with Crippen LogP contribution in [0.5, 0.6) is 5.75 Å². The molecule has 1 aromatic rings. The zero-order chi connectivity index (χ0) is 16.7. The number of ether oxygens (including phenoxy) is 2. The van der Waals surface area contributed by atoms with E-state index >= 15 is 0 Å². The Morgan fingerprint density at radius 3 is 2.41 bits per heavy atom. The molecule has 22 heavy (non-hydrogen) atoms. The van der Waals surface area contributed by atoms with Crippen LogP contribution in [0, 0.1) is 12.8 Å². The first-order valence-electron chi connectivity index (χ1n) is 8.31. The highest BCUT2D eigenvalue weighted by Gasteiger charge is 2.17. The Morgan fingerprint density at radius 2 is 1.86 bits per heavy atom. The van der Waals surface area contributed by atoms with Gasteiger partial charge in [0.25, 0.3) is 0 Å². The van der Waals surface area contributed by atoms with Gasteiger partial charge in [-0.1, -0.05) is 27.7 Å². The fourth-order valence-electron chi connectivity index (χ4n) is 2.38. The third-order valence-corrected chi connectivity index (χ3v) is 3.66. The van der Waals surface area contributed by atoms with E-state index in [1.807, 2.05) is 26.0 Å². The van der Waals surface area contributed by atoms with Crippen molar-refractivity contribution in [3.05, 3.63) is 28.8 Å². The number of carbonyl (C=O) groups is 1. The predicted molar refractivity (Wildman–Crippen MR) is 90.8 cm³/mol. The highest BCUT2D eigenvalue weighted by molar-refractivity contribution is 5.91. The molecule has 0 amide bonds. The molecule has 3 heteroatoms. The molecule has 0 unspecified atom stereocenters. The summed E-state index contributed by atoms with van der Waals surface area (Å²) in [4.78, 5) is 12.0. The standard InChI is InChI=1S/C19H30O3/c1-7-21-19(20)17-12-16(14(4)5)18(11-15(17)6)22-10-8-9-13(2)3/h11-14H,7-10H2,1-6H3. The van der Waals surface area contributed by atoms with Gasteiger partial charge in [-0.2, -0.15) is 0 Å². The summed E-state index contributed by atoms with van der Waals surface area (Å²) in [6, 6.07) is 3.90. The molecule has 0 aliphatic rings. The summed E-state index contributed by atoms with van der Waals surface area (Å²) in [5.74, 6) is 1.63. The van der Waals surface area contributed by atoms with Crippen LogP contribution in [0.3, 0.4) is 0 Å². The van der Waals surface area contributed by atoms with E-state index in [9.17, 15) is 4.79 Å². The van der Waals surface area contributed by atoms with Crippen molar-refractivity contribution >= 4 is 5.97 Å². The lowest BCUT2D eigenvalue weighted by Gasteiger charge is -2.17. The molecule has 124 valence electrons. The number of benzene rings is 1. The van der Waals surface area contributed by atoms with Crippen LogP contribution in [0.15, 0.2) is 12.1 Å². The van der Waals surface area contributed by atoms with E-state index in [-0.39, 0.29) is 5.97 Å². The van der Waals surface area contributed by atoms with Crippen LogP contribution in [0.1, 0.15) is 74.9 Å². The minimum absolute atomic E-state index is 0.256. The molecule has 0 saturated heterocycles. The summed E-state index contributed by atoms with van der Waals surface area (Å²) < 4.78 is 11.1. The number of hydrogen-bond acceptors (Lipinski definition) is 3. The largest absolute Gasteiger partial charge is 0.493 e. The third kappa shape index (κ3) is 5.36. The summed E-state index contributed by atoms with van der Waals surface area (Å²) in [7, 11) is 0. The first kappa shape index (κ1) is 18.5. The number of carbonyl (C=O) groups excluding carboxylic acids is 1.